The van der Waals surface area contributed by atoms with Crippen LogP contribution in [0, 0.1) is 16.7 Å². The Morgan fingerprint density at radius 1 is 1.26 bits per heavy atom. The lowest BCUT2D eigenvalue weighted by Gasteiger charge is -2.36. The Morgan fingerprint density at radius 3 is 2.62 bits per heavy atom. The smallest absolute Gasteiger partial charge is 0.407 e. The van der Waals surface area contributed by atoms with Crippen molar-refractivity contribution in [3.63, 3.8) is 0 Å². The molecule has 39 heavy (non-hydrogen) atoms. The summed E-state index contributed by atoms with van der Waals surface area (Å²) in [4.78, 5) is 32.8. The first-order valence-corrected chi connectivity index (χ1v) is 13.5. The maximum absolute atomic E-state index is 12.5. The number of hydrogen-bond donors (Lipinski definition) is 2. The summed E-state index contributed by atoms with van der Waals surface area (Å²) in [7, 11) is 0. The van der Waals surface area contributed by atoms with E-state index < -0.39 is 6.09 Å². The summed E-state index contributed by atoms with van der Waals surface area (Å²) in [6.45, 7) is 9.38. The lowest BCUT2D eigenvalue weighted by Crippen LogP contribution is -2.44. The highest BCUT2D eigenvalue weighted by molar-refractivity contribution is 6.30. The number of anilines is 2. The van der Waals surface area contributed by atoms with E-state index in [2.05, 4.69) is 9.88 Å². The van der Waals surface area contributed by atoms with E-state index >= 15 is 0 Å². The number of carbonyl (C=O) groups is 2. The number of imidazole rings is 1. The minimum atomic E-state index is -0.961. The zero-order valence-corrected chi connectivity index (χ0v) is 23.6. The standard InChI is InChI=1S/C29H35ClN6O3/c1-19(29(2,3)4)35(28(38)39)17-20-7-12-25-24(16-20)33-27(32-22-10-8-21(30)9-11-22)36(25)23-6-5-15-34(18-23)26(37)13-14-31/h7-12,16,19,23H,5-6,13,15,17-18H2,1-4H3,(H,32,33)(H,38,39)/t19-,23?/m0/s1. The molecule has 9 nitrogen and oxygen atoms in total. The summed E-state index contributed by atoms with van der Waals surface area (Å²) >= 11 is 6.08. The summed E-state index contributed by atoms with van der Waals surface area (Å²) < 4.78 is 2.12. The molecule has 0 radical (unpaired) electrons. The first kappa shape index (κ1) is 28.2. The number of piperidine rings is 1. The number of halogens is 1. The number of aromatic nitrogens is 2. The number of amides is 2. The van der Waals surface area contributed by atoms with Crippen LogP contribution in [0.2, 0.25) is 5.02 Å². The Balaban J connectivity index is 1.72. The van der Waals surface area contributed by atoms with Gasteiger partial charge < -0.3 is 24.8 Å². The monoisotopic (exact) mass is 550 g/mol. The van der Waals surface area contributed by atoms with Crippen LogP contribution in [0.3, 0.4) is 0 Å². The second-order valence-corrected chi connectivity index (χ2v) is 11.6. The van der Waals surface area contributed by atoms with Crippen molar-refractivity contribution in [3.05, 3.63) is 53.1 Å². The Hall–Kier alpha value is -3.77. The van der Waals surface area contributed by atoms with Crippen molar-refractivity contribution < 1.29 is 14.7 Å². The lowest BCUT2D eigenvalue weighted by atomic mass is 9.87. The third-order valence-electron chi connectivity index (χ3n) is 7.52. The fraction of sp³-hybridized carbons (Fsp3) is 0.448. The van der Waals surface area contributed by atoms with Gasteiger partial charge in [0.15, 0.2) is 0 Å². The van der Waals surface area contributed by atoms with Gasteiger partial charge in [-0.05, 0) is 67.1 Å². The van der Waals surface area contributed by atoms with E-state index in [-0.39, 0.29) is 36.4 Å². The summed E-state index contributed by atoms with van der Waals surface area (Å²) in [5, 5.41) is 23.0. The van der Waals surface area contributed by atoms with Gasteiger partial charge in [0.05, 0.1) is 23.1 Å². The van der Waals surface area contributed by atoms with Crippen LogP contribution < -0.4 is 5.32 Å². The number of fused-ring (bicyclic) bond motifs is 1. The molecule has 1 saturated heterocycles. The van der Waals surface area contributed by atoms with Crippen LogP contribution in [0.1, 0.15) is 58.6 Å². The van der Waals surface area contributed by atoms with Gasteiger partial charge in [-0.3, -0.25) is 4.79 Å². The van der Waals surface area contributed by atoms with Crippen LogP contribution in [-0.2, 0) is 11.3 Å². The summed E-state index contributed by atoms with van der Waals surface area (Å²) in [6, 6.07) is 14.9. The highest BCUT2D eigenvalue weighted by atomic mass is 35.5. The number of nitrogens with zero attached hydrogens (tertiary/aromatic N) is 5. The van der Waals surface area contributed by atoms with E-state index in [4.69, 9.17) is 21.8 Å². The van der Waals surface area contributed by atoms with Crippen molar-refractivity contribution in [2.24, 2.45) is 5.41 Å². The van der Waals surface area contributed by atoms with Gasteiger partial charge in [-0.25, -0.2) is 9.78 Å². The molecule has 1 aliphatic heterocycles. The maximum atomic E-state index is 12.5. The summed E-state index contributed by atoms with van der Waals surface area (Å²) in [5.41, 5.74) is 3.08. The van der Waals surface area contributed by atoms with Gasteiger partial charge >= 0.3 is 6.09 Å². The Labute approximate surface area is 234 Å². The van der Waals surface area contributed by atoms with Crippen LogP contribution in [0.15, 0.2) is 42.5 Å². The Kier molecular flexibility index (Phi) is 8.36. The van der Waals surface area contributed by atoms with Crippen LogP contribution >= 0.6 is 11.6 Å². The lowest BCUT2D eigenvalue weighted by molar-refractivity contribution is -0.131. The fourth-order valence-corrected chi connectivity index (χ4v) is 5.09. The molecular formula is C29H35ClN6O3. The SMILES string of the molecule is C[C@H](N(Cc1ccc2c(c1)nc(Nc1ccc(Cl)cc1)n2C1CCCN(C(=O)CC#N)C1)C(=O)O)C(C)(C)C. The average Bonchev–Trinajstić information content (AvgIpc) is 3.24. The number of carboxylic acid groups (broad SMARTS) is 1. The van der Waals surface area contributed by atoms with Crippen molar-refractivity contribution >= 4 is 46.3 Å². The number of benzene rings is 2. The molecule has 3 aromatic rings. The third-order valence-corrected chi connectivity index (χ3v) is 7.77. The van der Waals surface area contributed by atoms with Crippen LogP contribution in [-0.4, -0.2) is 55.6 Å². The van der Waals surface area contributed by atoms with Crippen molar-refractivity contribution in [2.45, 2.75) is 65.6 Å². The van der Waals surface area contributed by atoms with Crippen molar-refractivity contribution in [1.82, 2.24) is 19.4 Å². The average molecular weight is 551 g/mol. The van der Waals surface area contributed by atoms with Gasteiger partial charge in [0.2, 0.25) is 11.9 Å². The molecule has 0 bridgehead atoms. The number of likely N-dealkylation sites (tertiary alicyclic amines) is 1. The molecule has 2 amide bonds. The highest BCUT2D eigenvalue weighted by Crippen LogP contribution is 2.33. The van der Waals surface area contributed by atoms with Crippen molar-refractivity contribution in [2.75, 3.05) is 18.4 Å². The third kappa shape index (κ3) is 6.45. The molecule has 206 valence electrons. The number of hydrogen-bond acceptors (Lipinski definition) is 5. The predicted octanol–water partition coefficient (Wildman–Crippen LogP) is 6.43. The van der Waals surface area contributed by atoms with Crippen molar-refractivity contribution in [3.8, 4) is 6.07 Å². The normalized spacial score (nSPS) is 16.5. The molecule has 0 spiro atoms. The fourth-order valence-electron chi connectivity index (χ4n) is 4.97. The van der Waals surface area contributed by atoms with Gasteiger partial charge in [-0.15, -0.1) is 0 Å². The first-order valence-electron chi connectivity index (χ1n) is 13.2. The molecule has 4 rings (SSSR count). The molecule has 1 unspecified atom stereocenters. The van der Waals surface area contributed by atoms with Gasteiger partial charge in [0, 0.05) is 36.4 Å². The topological polar surface area (TPSA) is 114 Å². The molecular weight excluding hydrogens is 516 g/mol. The quantitative estimate of drug-likeness (QED) is 0.350. The molecule has 1 fully saturated rings. The Bertz CT molecular complexity index is 1390. The second-order valence-electron chi connectivity index (χ2n) is 11.2. The maximum Gasteiger partial charge on any atom is 0.407 e. The zero-order chi connectivity index (χ0) is 28.3. The Morgan fingerprint density at radius 2 is 1.97 bits per heavy atom. The number of nitriles is 1. The van der Waals surface area contributed by atoms with E-state index in [0.717, 1.165) is 35.1 Å². The minimum absolute atomic E-state index is 0.0385. The largest absolute Gasteiger partial charge is 0.465 e. The highest BCUT2D eigenvalue weighted by Gasteiger charge is 2.31. The molecule has 2 N–H and O–H groups in total. The molecule has 2 atom stereocenters. The van der Waals surface area contributed by atoms with Gasteiger partial charge in [0.25, 0.3) is 0 Å². The van der Waals surface area contributed by atoms with Crippen molar-refractivity contribution in [1.29, 1.82) is 5.26 Å². The molecule has 1 aromatic heterocycles. The van der Waals surface area contributed by atoms with Crippen LogP contribution in [0.5, 0.6) is 0 Å². The molecule has 1 aliphatic rings. The first-order chi connectivity index (χ1) is 18.5. The van der Waals surface area contributed by atoms with Gasteiger partial charge in [0.1, 0.15) is 6.42 Å². The predicted molar refractivity (Wildman–Crippen MR) is 152 cm³/mol. The number of rotatable bonds is 7. The van der Waals surface area contributed by atoms with E-state index in [1.165, 1.54) is 4.90 Å². The van der Waals surface area contributed by atoms with E-state index in [0.29, 0.717) is 24.1 Å². The van der Waals surface area contributed by atoms with Gasteiger partial charge in [-0.1, -0.05) is 38.4 Å². The summed E-state index contributed by atoms with van der Waals surface area (Å²) in [5.74, 6) is 0.463. The summed E-state index contributed by atoms with van der Waals surface area (Å²) in [6.07, 6.45) is 0.578. The van der Waals surface area contributed by atoms with E-state index in [9.17, 15) is 14.7 Å². The molecule has 2 aromatic carbocycles. The van der Waals surface area contributed by atoms with E-state index in [1.807, 2.05) is 64.1 Å². The molecule has 2 heterocycles. The molecule has 10 heteroatoms. The minimum Gasteiger partial charge on any atom is -0.465 e. The molecule has 0 aliphatic carbocycles. The van der Waals surface area contributed by atoms with Crippen LogP contribution in [0.4, 0.5) is 16.4 Å². The van der Waals surface area contributed by atoms with Gasteiger partial charge in [-0.2, -0.15) is 5.26 Å². The van der Waals surface area contributed by atoms with E-state index in [1.54, 1.807) is 17.0 Å². The number of carbonyl (C=O) groups excluding carboxylic acids is 1. The zero-order valence-electron chi connectivity index (χ0n) is 22.8. The van der Waals surface area contributed by atoms with Crippen LogP contribution in [0.25, 0.3) is 11.0 Å². The second kappa shape index (κ2) is 11.5. The number of nitrogens with one attached hydrogen (secondary N) is 1. The molecule has 0 saturated carbocycles.